The van der Waals surface area contributed by atoms with Gasteiger partial charge in [0, 0.05) is 6.54 Å². The first-order chi connectivity index (χ1) is 5.19. The van der Waals surface area contributed by atoms with Gasteiger partial charge in [0.15, 0.2) is 0 Å². The van der Waals surface area contributed by atoms with E-state index in [1.54, 1.807) is 0 Å². The number of nitrogens with two attached hydrogens (primary N) is 1. The van der Waals surface area contributed by atoms with Crippen LogP contribution in [0.1, 0.15) is 19.3 Å². The number of hydrogen-bond acceptors (Lipinski definition) is 2. The molecule has 62 valence electrons. The molecule has 1 amide bonds. The molecule has 1 fully saturated rings. The summed E-state index contributed by atoms with van der Waals surface area (Å²) in [6.45, 7) is 4.30. The molecule has 1 saturated heterocycles. The van der Waals surface area contributed by atoms with Crippen molar-refractivity contribution in [2.45, 2.75) is 24.8 Å². The normalized spacial score (nSPS) is 32.3. The highest BCUT2D eigenvalue weighted by molar-refractivity contribution is 5.88. The molecule has 0 saturated carbocycles. The quantitative estimate of drug-likeness (QED) is 0.529. The molecule has 1 unspecified atom stereocenters. The van der Waals surface area contributed by atoms with E-state index in [2.05, 4.69) is 11.9 Å². The van der Waals surface area contributed by atoms with Gasteiger partial charge in [0.1, 0.15) is 5.54 Å². The van der Waals surface area contributed by atoms with Crippen LogP contribution >= 0.6 is 0 Å². The first kappa shape index (κ1) is 8.27. The number of nitrogens with one attached hydrogen (secondary N) is 1. The van der Waals surface area contributed by atoms with Gasteiger partial charge in [0.05, 0.1) is 0 Å². The van der Waals surface area contributed by atoms with Crippen LogP contribution < -0.4 is 11.1 Å². The Hall–Kier alpha value is -0.830. The van der Waals surface area contributed by atoms with Gasteiger partial charge >= 0.3 is 0 Å². The van der Waals surface area contributed by atoms with Crippen molar-refractivity contribution in [1.29, 1.82) is 0 Å². The molecule has 0 radical (unpaired) electrons. The Morgan fingerprint density at radius 2 is 2.36 bits per heavy atom. The molecule has 1 aliphatic rings. The summed E-state index contributed by atoms with van der Waals surface area (Å²) in [5.74, 6) is -0.0926. The highest BCUT2D eigenvalue weighted by Crippen LogP contribution is 2.15. The van der Waals surface area contributed by atoms with Crippen molar-refractivity contribution in [1.82, 2.24) is 5.32 Å². The molecular weight excluding hydrogens is 140 g/mol. The number of amides is 1. The fourth-order valence-electron chi connectivity index (χ4n) is 1.22. The van der Waals surface area contributed by atoms with E-state index in [4.69, 9.17) is 5.73 Å². The Morgan fingerprint density at radius 1 is 1.64 bits per heavy atom. The molecule has 0 aromatic rings. The van der Waals surface area contributed by atoms with E-state index < -0.39 is 5.54 Å². The Labute approximate surface area is 66.6 Å². The molecule has 3 heteroatoms. The molecule has 0 aromatic carbocycles. The van der Waals surface area contributed by atoms with Gasteiger partial charge in [-0.1, -0.05) is 6.08 Å². The zero-order valence-electron chi connectivity index (χ0n) is 6.60. The fourth-order valence-corrected chi connectivity index (χ4v) is 1.22. The van der Waals surface area contributed by atoms with Crippen LogP contribution in [0.15, 0.2) is 12.7 Å². The third kappa shape index (κ3) is 1.60. The van der Waals surface area contributed by atoms with Gasteiger partial charge < -0.3 is 11.1 Å². The van der Waals surface area contributed by atoms with Gasteiger partial charge in [-0.3, -0.25) is 4.79 Å². The molecule has 0 aliphatic carbocycles. The van der Waals surface area contributed by atoms with Crippen LogP contribution in [-0.4, -0.2) is 18.0 Å². The van der Waals surface area contributed by atoms with Crippen molar-refractivity contribution >= 4 is 5.91 Å². The van der Waals surface area contributed by atoms with Gasteiger partial charge in [-0.05, 0) is 19.3 Å². The van der Waals surface area contributed by atoms with Gasteiger partial charge in [0.25, 0.3) is 0 Å². The molecule has 3 nitrogen and oxygen atoms in total. The molecule has 0 spiro atoms. The van der Waals surface area contributed by atoms with Crippen LogP contribution in [0.3, 0.4) is 0 Å². The molecule has 3 N–H and O–H groups in total. The minimum atomic E-state index is -0.823. The Morgan fingerprint density at radius 3 is 3.00 bits per heavy atom. The SMILES string of the molecule is C=CC1(N)CCCCNC1=O. The van der Waals surface area contributed by atoms with Crippen LogP contribution in [0, 0.1) is 0 Å². The molecule has 0 bridgehead atoms. The van der Waals surface area contributed by atoms with E-state index in [1.807, 2.05) is 0 Å². The Balaban J connectivity index is 2.73. The second-order valence-electron chi connectivity index (χ2n) is 2.96. The Bertz CT molecular complexity index is 179. The van der Waals surface area contributed by atoms with Gasteiger partial charge in [-0.15, -0.1) is 6.58 Å². The fraction of sp³-hybridized carbons (Fsp3) is 0.625. The lowest BCUT2D eigenvalue weighted by atomic mass is 9.94. The third-order valence-corrected chi connectivity index (χ3v) is 2.09. The van der Waals surface area contributed by atoms with Crippen molar-refractivity contribution in [3.05, 3.63) is 12.7 Å². The summed E-state index contributed by atoms with van der Waals surface area (Å²) in [4.78, 5) is 11.3. The number of hydrogen-bond donors (Lipinski definition) is 2. The van der Waals surface area contributed by atoms with E-state index in [1.165, 1.54) is 6.08 Å². The molecule has 1 aliphatic heterocycles. The largest absolute Gasteiger partial charge is 0.354 e. The van der Waals surface area contributed by atoms with Gasteiger partial charge in [0.2, 0.25) is 5.91 Å². The van der Waals surface area contributed by atoms with Crippen molar-refractivity contribution in [3.8, 4) is 0 Å². The van der Waals surface area contributed by atoms with Crippen molar-refractivity contribution in [3.63, 3.8) is 0 Å². The molecule has 1 atom stereocenters. The zero-order valence-corrected chi connectivity index (χ0v) is 6.60. The summed E-state index contributed by atoms with van der Waals surface area (Å²) < 4.78 is 0. The summed E-state index contributed by atoms with van der Waals surface area (Å²) in [5.41, 5.74) is 4.95. The molecular formula is C8H14N2O. The minimum Gasteiger partial charge on any atom is -0.354 e. The van der Waals surface area contributed by atoms with Gasteiger partial charge in [-0.25, -0.2) is 0 Å². The summed E-state index contributed by atoms with van der Waals surface area (Å²) >= 11 is 0. The first-order valence-electron chi connectivity index (χ1n) is 3.90. The average molecular weight is 154 g/mol. The average Bonchev–Trinajstić information content (AvgIpc) is 2.16. The van der Waals surface area contributed by atoms with E-state index in [0.717, 1.165) is 19.4 Å². The number of carbonyl (C=O) groups excluding carboxylic acids is 1. The highest BCUT2D eigenvalue weighted by Gasteiger charge is 2.31. The second kappa shape index (κ2) is 3.05. The van der Waals surface area contributed by atoms with E-state index in [9.17, 15) is 4.79 Å². The minimum absolute atomic E-state index is 0.0926. The van der Waals surface area contributed by atoms with Crippen LogP contribution in [0.5, 0.6) is 0 Å². The first-order valence-corrected chi connectivity index (χ1v) is 3.90. The van der Waals surface area contributed by atoms with Crippen molar-refractivity contribution < 1.29 is 4.79 Å². The lowest BCUT2D eigenvalue weighted by Gasteiger charge is -2.20. The Kier molecular flexibility index (Phi) is 2.29. The summed E-state index contributed by atoms with van der Waals surface area (Å²) in [6, 6.07) is 0. The summed E-state index contributed by atoms with van der Waals surface area (Å²) in [6.07, 6.45) is 4.25. The third-order valence-electron chi connectivity index (χ3n) is 2.09. The van der Waals surface area contributed by atoms with E-state index in [-0.39, 0.29) is 5.91 Å². The van der Waals surface area contributed by atoms with Crippen LogP contribution in [0.4, 0.5) is 0 Å². The number of carbonyl (C=O) groups is 1. The summed E-state index contributed by atoms with van der Waals surface area (Å²) in [7, 11) is 0. The highest BCUT2D eigenvalue weighted by atomic mass is 16.2. The van der Waals surface area contributed by atoms with Crippen LogP contribution in [0.25, 0.3) is 0 Å². The molecule has 11 heavy (non-hydrogen) atoms. The molecule has 1 rings (SSSR count). The lowest BCUT2D eigenvalue weighted by Crippen LogP contribution is -2.51. The standard InChI is InChI=1S/C8H14N2O/c1-2-8(9)5-3-4-6-10-7(8)11/h2H,1,3-6,9H2,(H,10,11). The van der Waals surface area contributed by atoms with Crippen LogP contribution in [0.2, 0.25) is 0 Å². The predicted molar refractivity (Wildman–Crippen MR) is 44.0 cm³/mol. The smallest absolute Gasteiger partial charge is 0.244 e. The maximum absolute atomic E-state index is 11.3. The van der Waals surface area contributed by atoms with Crippen LogP contribution in [-0.2, 0) is 4.79 Å². The molecule has 0 aromatic heterocycles. The van der Waals surface area contributed by atoms with E-state index >= 15 is 0 Å². The van der Waals surface area contributed by atoms with Gasteiger partial charge in [-0.2, -0.15) is 0 Å². The molecule has 1 heterocycles. The maximum Gasteiger partial charge on any atom is 0.244 e. The lowest BCUT2D eigenvalue weighted by molar-refractivity contribution is -0.124. The zero-order chi connectivity index (χ0) is 8.32. The monoisotopic (exact) mass is 154 g/mol. The van der Waals surface area contributed by atoms with Crippen molar-refractivity contribution in [2.24, 2.45) is 5.73 Å². The summed E-state index contributed by atoms with van der Waals surface area (Å²) in [5, 5.41) is 2.75. The topological polar surface area (TPSA) is 55.1 Å². The number of rotatable bonds is 1. The predicted octanol–water partition coefficient (Wildman–Crippen LogP) is 0.170. The van der Waals surface area contributed by atoms with E-state index in [0.29, 0.717) is 6.42 Å². The maximum atomic E-state index is 11.3. The van der Waals surface area contributed by atoms with Crippen molar-refractivity contribution in [2.75, 3.05) is 6.54 Å². The second-order valence-corrected chi connectivity index (χ2v) is 2.96.